The summed E-state index contributed by atoms with van der Waals surface area (Å²) < 4.78 is 1.83. The fraction of sp³-hybridized carbons (Fsp3) is 0.267. The topological polar surface area (TPSA) is 55.6 Å². The van der Waals surface area contributed by atoms with Crippen LogP contribution in [0, 0.1) is 0 Å². The predicted octanol–water partition coefficient (Wildman–Crippen LogP) is 3.03. The Morgan fingerprint density at radius 1 is 1.20 bits per heavy atom. The molecule has 0 unspecified atom stereocenters. The molecule has 2 aromatic heterocycles. The summed E-state index contributed by atoms with van der Waals surface area (Å²) in [6.45, 7) is 4.28. The molecule has 0 saturated heterocycles. The summed E-state index contributed by atoms with van der Waals surface area (Å²) in [7, 11) is 0. The lowest BCUT2D eigenvalue weighted by Crippen LogP contribution is -2.14. The summed E-state index contributed by atoms with van der Waals surface area (Å²) >= 11 is 0. The Morgan fingerprint density at radius 3 is 2.75 bits per heavy atom. The van der Waals surface area contributed by atoms with Crippen LogP contribution in [0.25, 0.3) is 16.7 Å². The van der Waals surface area contributed by atoms with E-state index in [4.69, 9.17) is 0 Å². The lowest BCUT2D eigenvalue weighted by Gasteiger charge is -2.12. The molecule has 5 heteroatoms. The van der Waals surface area contributed by atoms with Crippen molar-refractivity contribution in [2.24, 2.45) is 0 Å². The first-order chi connectivity index (χ1) is 9.79. The molecule has 0 aliphatic carbocycles. The van der Waals surface area contributed by atoms with Gasteiger partial charge in [0.2, 0.25) is 0 Å². The molecular weight excluding hydrogens is 250 g/mol. The monoisotopic (exact) mass is 267 g/mol. The Labute approximate surface area is 117 Å². The summed E-state index contributed by atoms with van der Waals surface area (Å²) in [6, 6.07) is 10.4. The van der Waals surface area contributed by atoms with Crippen LogP contribution in [0.15, 0.2) is 42.9 Å². The van der Waals surface area contributed by atoms with Gasteiger partial charge in [0.15, 0.2) is 5.65 Å². The number of hydrogen-bond donors (Lipinski definition) is 1. The largest absolute Gasteiger partial charge is 0.367 e. The number of para-hydroxylation sites is 1. The minimum Gasteiger partial charge on any atom is -0.367 e. The van der Waals surface area contributed by atoms with Crippen LogP contribution in [0.5, 0.6) is 0 Å². The summed E-state index contributed by atoms with van der Waals surface area (Å²) in [5, 5.41) is 8.77. The standard InChI is InChI=1S/C15H17N5/c1-3-11(2)19-14-13-9-18-20(15(13)17-10-16-14)12-7-5-4-6-8-12/h4-11H,3H2,1-2H3,(H,16,17,19)/t11-/m1/s1. The minimum absolute atomic E-state index is 0.369. The Kier molecular flexibility index (Phi) is 3.33. The Balaban J connectivity index is 2.08. The lowest BCUT2D eigenvalue weighted by molar-refractivity contribution is 0.760. The molecule has 0 spiro atoms. The molecule has 0 amide bonds. The molecule has 0 bridgehead atoms. The molecule has 3 aromatic rings. The van der Waals surface area contributed by atoms with E-state index < -0.39 is 0 Å². The molecule has 0 fully saturated rings. The molecule has 102 valence electrons. The molecule has 0 aliphatic heterocycles. The van der Waals surface area contributed by atoms with E-state index in [0.717, 1.165) is 29.0 Å². The SMILES string of the molecule is CC[C@@H](C)Nc1ncnc2c1cnn2-c1ccccc1. The van der Waals surface area contributed by atoms with Gasteiger partial charge in [-0.25, -0.2) is 14.6 Å². The molecule has 0 aliphatic rings. The maximum Gasteiger partial charge on any atom is 0.168 e. The highest BCUT2D eigenvalue weighted by Crippen LogP contribution is 2.22. The van der Waals surface area contributed by atoms with Crippen LogP contribution in [0.1, 0.15) is 20.3 Å². The van der Waals surface area contributed by atoms with Crippen molar-refractivity contribution in [1.29, 1.82) is 0 Å². The molecule has 20 heavy (non-hydrogen) atoms. The molecular formula is C15H17N5. The van der Waals surface area contributed by atoms with Crippen LogP contribution in [-0.4, -0.2) is 25.8 Å². The lowest BCUT2D eigenvalue weighted by atomic mass is 10.2. The fourth-order valence-electron chi connectivity index (χ4n) is 2.05. The fourth-order valence-corrected chi connectivity index (χ4v) is 2.05. The van der Waals surface area contributed by atoms with E-state index in [1.54, 1.807) is 6.33 Å². The van der Waals surface area contributed by atoms with Gasteiger partial charge in [-0.3, -0.25) is 0 Å². The highest BCUT2D eigenvalue weighted by atomic mass is 15.3. The van der Waals surface area contributed by atoms with Gasteiger partial charge in [-0.2, -0.15) is 5.10 Å². The molecule has 1 N–H and O–H groups in total. The second kappa shape index (κ2) is 5.28. The average Bonchev–Trinajstić information content (AvgIpc) is 2.93. The van der Waals surface area contributed by atoms with Crippen molar-refractivity contribution in [2.75, 3.05) is 5.32 Å². The highest BCUT2D eigenvalue weighted by molar-refractivity contribution is 5.87. The van der Waals surface area contributed by atoms with E-state index in [1.807, 2.05) is 41.2 Å². The van der Waals surface area contributed by atoms with E-state index in [1.165, 1.54) is 0 Å². The van der Waals surface area contributed by atoms with Crippen LogP contribution in [0.2, 0.25) is 0 Å². The van der Waals surface area contributed by atoms with E-state index in [9.17, 15) is 0 Å². The first-order valence-electron chi connectivity index (χ1n) is 6.80. The number of nitrogens with zero attached hydrogens (tertiary/aromatic N) is 4. The average molecular weight is 267 g/mol. The van der Waals surface area contributed by atoms with Crippen LogP contribution in [-0.2, 0) is 0 Å². The highest BCUT2D eigenvalue weighted by Gasteiger charge is 2.11. The van der Waals surface area contributed by atoms with Gasteiger partial charge in [0.1, 0.15) is 12.1 Å². The third-order valence-corrected chi connectivity index (χ3v) is 3.36. The first kappa shape index (κ1) is 12.6. The van der Waals surface area contributed by atoms with Crippen LogP contribution in [0.3, 0.4) is 0 Å². The van der Waals surface area contributed by atoms with Crippen molar-refractivity contribution in [3.05, 3.63) is 42.9 Å². The van der Waals surface area contributed by atoms with Crippen LogP contribution >= 0.6 is 0 Å². The number of rotatable bonds is 4. The van der Waals surface area contributed by atoms with Crippen molar-refractivity contribution in [2.45, 2.75) is 26.3 Å². The van der Waals surface area contributed by atoms with E-state index in [0.29, 0.717) is 6.04 Å². The third kappa shape index (κ3) is 2.22. The minimum atomic E-state index is 0.369. The van der Waals surface area contributed by atoms with Crippen molar-refractivity contribution < 1.29 is 0 Å². The maximum atomic E-state index is 4.43. The van der Waals surface area contributed by atoms with Gasteiger partial charge >= 0.3 is 0 Å². The van der Waals surface area contributed by atoms with Crippen molar-refractivity contribution in [3.8, 4) is 5.69 Å². The first-order valence-corrected chi connectivity index (χ1v) is 6.80. The van der Waals surface area contributed by atoms with Gasteiger partial charge in [-0.15, -0.1) is 0 Å². The van der Waals surface area contributed by atoms with Gasteiger partial charge in [0, 0.05) is 6.04 Å². The van der Waals surface area contributed by atoms with Crippen LogP contribution in [0.4, 0.5) is 5.82 Å². The Morgan fingerprint density at radius 2 is 2.00 bits per heavy atom. The van der Waals surface area contributed by atoms with Gasteiger partial charge in [-0.05, 0) is 25.5 Å². The van der Waals surface area contributed by atoms with E-state index >= 15 is 0 Å². The maximum absolute atomic E-state index is 4.43. The summed E-state index contributed by atoms with van der Waals surface area (Å²) in [5.74, 6) is 0.839. The number of fused-ring (bicyclic) bond motifs is 1. The predicted molar refractivity (Wildman–Crippen MR) is 80.0 cm³/mol. The summed E-state index contributed by atoms with van der Waals surface area (Å²) in [4.78, 5) is 8.69. The number of nitrogens with one attached hydrogen (secondary N) is 1. The smallest absolute Gasteiger partial charge is 0.168 e. The third-order valence-electron chi connectivity index (χ3n) is 3.36. The summed E-state index contributed by atoms with van der Waals surface area (Å²) in [5.41, 5.74) is 1.81. The van der Waals surface area contributed by atoms with E-state index in [2.05, 4.69) is 34.2 Å². The zero-order valence-electron chi connectivity index (χ0n) is 11.6. The van der Waals surface area contributed by atoms with Crippen molar-refractivity contribution in [1.82, 2.24) is 19.7 Å². The second-order valence-corrected chi connectivity index (χ2v) is 4.81. The normalized spacial score (nSPS) is 12.5. The van der Waals surface area contributed by atoms with Crippen molar-refractivity contribution in [3.63, 3.8) is 0 Å². The number of aromatic nitrogens is 4. The molecule has 0 saturated carbocycles. The Bertz CT molecular complexity index is 705. The molecule has 5 nitrogen and oxygen atoms in total. The van der Waals surface area contributed by atoms with Gasteiger partial charge in [-0.1, -0.05) is 25.1 Å². The van der Waals surface area contributed by atoms with Gasteiger partial charge < -0.3 is 5.32 Å². The molecule has 2 heterocycles. The summed E-state index contributed by atoms with van der Waals surface area (Å²) in [6.07, 6.45) is 4.43. The van der Waals surface area contributed by atoms with Gasteiger partial charge in [0.25, 0.3) is 0 Å². The van der Waals surface area contributed by atoms with E-state index in [-0.39, 0.29) is 0 Å². The number of anilines is 1. The number of benzene rings is 1. The second-order valence-electron chi connectivity index (χ2n) is 4.81. The molecule has 1 atom stereocenters. The van der Waals surface area contributed by atoms with Gasteiger partial charge in [0.05, 0.1) is 17.3 Å². The zero-order chi connectivity index (χ0) is 13.9. The number of hydrogen-bond acceptors (Lipinski definition) is 4. The zero-order valence-corrected chi connectivity index (χ0v) is 11.6. The Hall–Kier alpha value is -2.43. The quantitative estimate of drug-likeness (QED) is 0.789. The molecule has 3 rings (SSSR count). The van der Waals surface area contributed by atoms with Crippen LogP contribution < -0.4 is 5.32 Å². The van der Waals surface area contributed by atoms with Crippen molar-refractivity contribution >= 4 is 16.9 Å². The molecule has 1 aromatic carbocycles. The molecule has 0 radical (unpaired) electrons.